The maximum absolute atomic E-state index is 12.8. The Labute approximate surface area is 168 Å². The Bertz CT molecular complexity index is 1010. The molecule has 0 spiro atoms. The minimum atomic E-state index is -1.14. The maximum atomic E-state index is 12.8. The molecule has 0 bridgehead atoms. The summed E-state index contributed by atoms with van der Waals surface area (Å²) < 4.78 is 16.8. The van der Waals surface area contributed by atoms with Crippen molar-refractivity contribution in [2.45, 2.75) is 26.0 Å². The van der Waals surface area contributed by atoms with E-state index in [2.05, 4.69) is 10.3 Å². The van der Waals surface area contributed by atoms with Crippen molar-refractivity contribution in [3.63, 3.8) is 0 Å². The predicted molar refractivity (Wildman–Crippen MR) is 106 cm³/mol. The van der Waals surface area contributed by atoms with Crippen molar-refractivity contribution >= 4 is 16.9 Å². The number of ether oxygens (including phenoxy) is 2. The van der Waals surface area contributed by atoms with E-state index >= 15 is 0 Å². The molecule has 2 heterocycles. The highest BCUT2D eigenvalue weighted by molar-refractivity contribution is 6.07. The smallest absolute Gasteiger partial charge is 0.256 e. The molecule has 29 heavy (non-hydrogen) atoms. The molecule has 3 rings (SSSR count). The van der Waals surface area contributed by atoms with E-state index in [-0.39, 0.29) is 6.61 Å². The van der Waals surface area contributed by atoms with Crippen LogP contribution in [0.2, 0.25) is 0 Å². The van der Waals surface area contributed by atoms with Gasteiger partial charge in [-0.15, -0.1) is 0 Å². The van der Waals surface area contributed by atoms with Crippen LogP contribution in [0.3, 0.4) is 0 Å². The molecule has 3 aromatic rings. The number of carbonyl (C=O) groups is 1. The van der Waals surface area contributed by atoms with Crippen LogP contribution in [0.1, 0.15) is 28.6 Å². The molecule has 0 atom stereocenters. The van der Waals surface area contributed by atoms with Crippen molar-refractivity contribution in [1.82, 2.24) is 10.3 Å². The summed E-state index contributed by atoms with van der Waals surface area (Å²) in [5, 5.41) is 22.1. The molecule has 8 heteroatoms. The van der Waals surface area contributed by atoms with Gasteiger partial charge in [0.2, 0.25) is 5.88 Å². The molecule has 0 radical (unpaired) electrons. The number of nitrogens with one attached hydrogen (secondary N) is 1. The number of hydrogen-bond acceptors (Lipinski definition) is 7. The normalized spacial score (nSPS) is 11.5. The lowest BCUT2D eigenvalue weighted by molar-refractivity contribution is 0.0723. The van der Waals surface area contributed by atoms with Gasteiger partial charge in [0.05, 0.1) is 37.0 Å². The van der Waals surface area contributed by atoms with Crippen LogP contribution in [0, 0.1) is 6.92 Å². The Morgan fingerprint density at radius 1 is 1.28 bits per heavy atom. The molecule has 0 saturated carbocycles. The summed E-state index contributed by atoms with van der Waals surface area (Å²) in [5.41, 5.74) is 0.516. The zero-order chi connectivity index (χ0) is 21.0. The number of carbonyl (C=O) groups excluding carboxylic acids is 1. The first-order valence-electron chi connectivity index (χ1n) is 9.09. The highest BCUT2D eigenvalue weighted by Gasteiger charge is 2.28. The average Bonchev–Trinajstić information content (AvgIpc) is 3.07. The Kier molecular flexibility index (Phi) is 6.05. The van der Waals surface area contributed by atoms with E-state index in [0.29, 0.717) is 33.9 Å². The number of nitrogens with zero attached hydrogens (tertiary/aromatic N) is 1. The van der Waals surface area contributed by atoms with Gasteiger partial charge in [0, 0.05) is 11.6 Å². The second kappa shape index (κ2) is 8.50. The number of amides is 1. The largest absolute Gasteiger partial charge is 0.489 e. The summed E-state index contributed by atoms with van der Waals surface area (Å²) in [6.07, 6.45) is 1.64. The Balaban J connectivity index is 1.87. The first-order chi connectivity index (χ1) is 13.9. The van der Waals surface area contributed by atoms with Gasteiger partial charge in [-0.05, 0) is 44.2 Å². The van der Waals surface area contributed by atoms with Gasteiger partial charge in [0.15, 0.2) is 0 Å². The van der Waals surface area contributed by atoms with Crippen molar-refractivity contribution in [2.75, 3.05) is 20.3 Å². The fourth-order valence-electron chi connectivity index (χ4n) is 2.92. The number of aryl methyl sites for hydroxylation is 1. The molecule has 1 amide bonds. The Morgan fingerprint density at radius 3 is 2.72 bits per heavy atom. The molecule has 0 aliphatic rings. The molecule has 0 aliphatic heterocycles. The Hall–Kier alpha value is -3.10. The van der Waals surface area contributed by atoms with E-state index in [0.717, 1.165) is 5.56 Å². The van der Waals surface area contributed by atoms with E-state index in [1.807, 2.05) is 6.07 Å². The monoisotopic (exact) mass is 400 g/mol. The van der Waals surface area contributed by atoms with Crippen LogP contribution >= 0.6 is 0 Å². The summed E-state index contributed by atoms with van der Waals surface area (Å²) >= 11 is 0. The third-order valence-corrected chi connectivity index (χ3v) is 4.61. The predicted octanol–water partition coefficient (Wildman–Crippen LogP) is 2.20. The van der Waals surface area contributed by atoms with Crippen LogP contribution in [-0.2, 0) is 6.61 Å². The third kappa shape index (κ3) is 4.33. The first kappa shape index (κ1) is 20.6. The molecule has 0 saturated heterocycles. The van der Waals surface area contributed by atoms with Crippen molar-refractivity contribution in [3.05, 3.63) is 53.4 Å². The second-order valence-corrected chi connectivity index (χ2v) is 6.98. The van der Waals surface area contributed by atoms with Gasteiger partial charge in [-0.1, -0.05) is 0 Å². The van der Waals surface area contributed by atoms with Crippen LogP contribution in [-0.4, -0.2) is 47.0 Å². The van der Waals surface area contributed by atoms with Crippen molar-refractivity contribution < 1.29 is 28.9 Å². The fourth-order valence-corrected chi connectivity index (χ4v) is 2.92. The first-order valence-corrected chi connectivity index (χ1v) is 9.09. The molecular weight excluding hydrogens is 376 g/mol. The molecule has 0 unspecified atom stereocenters. The van der Waals surface area contributed by atoms with Gasteiger partial charge in [-0.25, -0.2) is 4.98 Å². The van der Waals surface area contributed by atoms with Gasteiger partial charge in [-0.3, -0.25) is 4.79 Å². The molecule has 2 aromatic heterocycles. The molecule has 8 nitrogen and oxygen atoms in total. The van der Waals surface area contributed by atoms with Crippen LogP contribution in [0.4, 0.5) is 0 Å². The number of methoxy groups -OCH3 is 1. The van der Waals surface area contributed by atoms with Crippen molar-refractivity contribution in [2.24, 2.45) is 0 Å². The fraction of sp³-hybridized carbons (Fsp3) is 0.333. The van der Waals surface area contributed by atoms with Gasteiger partial charge < -0.3 is 29.4 Å². The zero-order valence-corrected chi connectivity index (χ0v) is 16.6. The summed E-state index contributed by atoms with van der Waals surface area (Å²) in [5.74, 6) is 1.02. The van der Waals surface area contributed by atoms with Crippen molar-refractivity contribution in [3.8, 4) is 11.6 Å². The maximum Gasteiger partial charge on any atom is 0.256 e. The summed E-state index contributed by atoms with van der Waals surface area (Å²) in [6, 6.07) is 8.86. The summed E-state index contributed by atoms with van der Waals surface area (Å²) in [6.45, 7) is 2.69. The van der Waals surface area contributed by atoms with Crippen molar-refractivity contribution in [1.29, 1.82) is 0 Å². The van der Waals surface area contributed by atoms with Gasteiger partial charge in [-0.2, -0.15) is 0 Å². The SMILES string of the molecule is COc1ncccc1COc1ccc2oc(C)c(C(=O)NC(C)(CO)CO)c2c1. The lowest BCUT2D eigenvalue weighted by atomic mass is 10.0. The molecule has 154 valence electrons. The summed E-state index contributed by atoms with van der Waals surface area (Å²) in [4.78, 5) is 16.9. The summed E-state index contributed by atoms with van der Waals surface area (Å²) in [7, 11) is 1.55. The zero-order valence-electron chi connectivity index (χ0n) is 16.6. The van der Waals surface area contributed by atoms with E-state index < -0.39 is 24.7 Å². The van der Waals surface area contributed by atoms with Crippen LogP contribution in [0.15, 0.2) is 40.9 Å². The standard InChI is InChI=1S/C21H24N2O6/c1-13-18(19(26)23-21(2,11-24)12-25)16-9-15(6-7-17(16)29-13)28-10-14-5-4-8-22-20(14)27-3/h4-9,24-25H,10-12H2,1-3H3,(H,23,26). The van der Waals surface area contributed by atoms with E-state index in [4.69, 9.17) is 13.9 Å². The van der Waals surface area contributed by atoms with E-state index in [1.54, 1.807) is 51.4 Å². The second-order valence-electron chi connectivity index (χ2n) is 6.98. The minimum absolute atomic E-state index is 0.244. The average molecular weight is 400 g/mol. The lowest BCUT2D eigenvalue weighted by Crippen LogP contribution is -2.51. The highest BCUT2D eigenvalue weighted by Crippen LogP contribution is 2.30. The van der Waals surface area contributed by atoms with E-state index in [9.17, 15) is 15.0 Å². The molecular formula is C21H24N2O6. The lowest BCUT2D eigenvalue weighted by Gasteiger charge is -2.26. The molecule has 1 aromatic carbocycles. The third-order valence-electron chi connectivity index (χ3n) is 4.61. The quantitative estimate of drug-likeness (QED) is 0.531. The number of fused-ring (bicyclic) bond motifs is 1. The number of aliphatic hydroxyl groups is 2. The van der Waals surface area contributed by atoms with Gasteiger partial charge in [0.1, 0.15) is 23.7 Å². The number of aromatic nitrogens is 1. The number of benzene rings is 1. The highest BCUT2D eigenvalue weighted by atomic mass is 16.5. The molecule has 0 aliphatic carbocycles. The number of pyridine rings is 1. The Morgan fingerprint density at radius 2 is 2.03 bits per heavy atom. The number of furan rings is 1. The van der Waals surface area contributed by atoms with E-state index in [1.165, 1.54) is 0 Å². The topological polar surface area (TPSA) is 114 Å². The molecule has 0 fully saturated rings. The minimum Gasteiger partial charge on any atom is -0.489 e. The number of rotatable bonds is 8. The van der Waals surface area contributed by atoms with Crippen LogP contribution in [0.5, 0.6) is 11.6 Å². The van der Waals surface area contributed by atoms with Gasteiger partial charge in [0.25, 0.3) is 5.91 Å². The van der Waals surface area contributed by atoms with Gasteiger partial charge >= 0.3 is 0 Å². The number of hydrogen-bond donors (Lipinski definition) is 3. The number of aliphatic hydroxyl groups excluding tert-OH is 2. The van der Waals surface area contributed by atoms with Crippen LogP contribution < -0.4 is 14.8 Å². The van der Waals surface area contributed by atoms with Crippen LogP contribution in [0.25, 0.3) is 11.0 Å². The molecule has 3 N–H and O–H groups in total.